The van der Waals surface area contributed by atoms with Crippen molar-refractivity contribution >= 4 is 11.3 Å². The predicted octanol–water partition coefficient (Wildman–Crippen LogP) is 2.86. The number of ether oxygens (including phenoxy) is 2. The first-order chi connectivity index (χ1) is 9.78. The summed E-state index contributed by atoms with van der Waals surface area (Å²) in [5.41, 5.74) is 2.44. The van der Waals surface area contributed by atoms with Gasteiger partial charge in [-0.15, -0.1) is 11.3 Å². The van der Waals surface area contributed by atoms with Crippen LogP contribution in [0.3, 0.4) is 0 Å². The highest BCUT2D eigenvalue weighted by Crippen LogP contribution is 2.31. The van der Waals surface area contributed by atoms with E-state index >= 15 is 0 Å². The van der Waals surface area contributed by atoms with E-state index in [0.717, 1.165) is 36.0 Å². The highest BCUT2D eigenvalue weighted by atomic mass is 32.1. The third-order valence-corrected chi connectivity index (χ3v) is 3.88. The van der Waals surface area contributed by atoms with Crippen LogP contribution in [0.1, 0.15) is 23.1 Å². The average Bonchev–Trinajstić information content (AvgIpc) is 2.98. The summed E-state index contributed by atoms with van der Waals surface area (Å²) in [6, 6.07) is 4.09. The molecule has 0 amide bonds. The lowest BCUT2D eigenvalue weighted by Gasteiger charge is -2.14. The fourth-order valence-electron chi connectivity index (χ4n) is 2.06. The van der Waals surface area contributed by atoms with Crippen molar-refractivity contribution in [2.45, 2.75) is 19.9 Å². The fourth-order valence-corrected chi connectivity index (χ4v) is 2.69. The van der Waals surface area contributed by atoms with Crippen molar-refractivity contribution in [1.82, 2.24) is 10.3 Å². The molecule has 2 aromatic rings. The highest BCUT2D eigenvalue weighted by molar-refractivity contribution is 7.09. The quantitative estimate of drug-likeness (QED) is 0.852. The summed E-state index contributed by atoms with van der Waals surface area (Å²) < 4.78 is 10.8. The van der Waals surface area contributed by atoms with E-state index in [9.17, 15) is 0 Å². The topological polar surface area (TPSA) is 43.4 Å². The summed E-state index contributed by atoms with van der Waals surface area (Å²) >= 11 is 1.67. The third kappa shape index (κ3) is 3.49. The molecule has 4 nitrogen and oxygen atoms in total. The van der Waals surface area contributed by atoms with E-state index in [2.05, 4.69) is 17.2 Å². The Morgan fingerprint density at radius 3 is 2.40 bits per heavy atom. The van der Waals surface area contributed by atoms with Crippen LogP contribution in [0.5, 0.6) is 11.5 Å². The molecule has 108 valence electrons. The SMILES string of the molecule is CCNCc1cc(OC)c(OC)cc1Cc1nccs1. The Morgan fingerprint density at radius 2 is 1.85 bits per heavy atom. The molecule has 0 unspecified atom stereocenters. The van der Waals surface area contributed by atoms with Crippen molar-refractivity contribution in [2.75, 3.05) is 20.8 Å². The van der Waals surface area contributed by atoms with Crippen molar-refractivity contribution in [3.63, 3.8) is 0 Å². The van der Waals surface area contributed by atoms with Gasteiger partial charge in [-0.3, -0.25) is 0 Å². The van der Waals surface area contributed by atoms with Gasteiger partial charge in [-0.2, -0.15) is 0 Å². The summed E-state index contributed by atoms with van der Waals surface area (Å²) in [6.45, 7) is 3.85. The maximum Gasteiger partial charge on any atom is 0.161 e. The number of hydrogen-bond acceptors (Lipinski definition) is 5. The predicted molar refractivity (Wildman–Crippen MR) is 81.8 cm³/mol. The highest BCUT2D eigenvalue weighted by Gasteiger charge is 2.12. The number of rotatable bonds is 7. The smallest absolute Gasteiger partial charge is 0.161 e. The number of aromatic nitrogens is 1. The molecule has 0 aliphatic carbocycles. The van der Waals surface area contributed by atoms with Crippen LogP contribution >= 0.6 is 11.3 Å². The van der Waals surface area contributed by atoms with Crippen LogP contribution in [0.4, 0.5) is 0 Å². The van der Waals surface area contributed by atoms with Gasteiger partial charge in [0.1, 0.15) is 0 Å². The minimum absolute atomic E-state index is 0.763. The van der Waals surface area contributed by atoms with Crippen LogP contribution in [-0.2, 0) is 13.0 Å². The van der Waals surface area contributed by atoms with Gasteiger partial charge in [-0.25, -0.2) is 4.98 Å². The maximum atomic E-state index is 5.39. The minimum Gasteiger partial charge on any atom is -0.493 e. The van der Waals surface area contributed by atoms with E-state index < -0.39 is 0 Å². The van der Waals surface area contributed by atoms with E-state index in [4.69, 9.17) is 9.47 Å². The lowest BCUT2D eigenvalue weighted by molar-refractivity contribution is 0.354. The zero-order valence-electron chi connectivity index (χ0n) is 12.1. The second-order valence-corrected chi connectivity index (χ2v) is 5.34. The molecule has 2 rings (SSSR count). The molecule has 0 aliphatic rings. The Hall–Kier alpha value is -1.59. The van der Waals surface area contributed by atoms with E-state index in [0.29, 0.717) is 0 Å². The molecule has 5 heteroatoms. The number of nitrogens with zero attached hydrogens (tertiary/aromatic N) is 1. The average molecular weight is 292 g/mol. The Balaban J connectivity index is 2.34. The van der Waals surface area contributed by atoms with Crippen LogP contribution in [0.15, 0.2) is 23.7 Å². The lowest BCUT2D eigenvalue weighted by atomic mass is 10.0. The van der Waals surface area contributed by atoms with Crippen molar-refractivity contribution < 1.29 is 9.47 Å². The number of thiazole rings is 1. The van der Waals surface area contributed by atoms with E-state index in [1.54, 1.807) is 25.6 Å². The lowest BCUT2D eigenvalue weighted by Crippen LogP contribution is -2.14. The fraction of sp³-hybridized carbons (Fsp3) is 0.400. The Labute approximate surface area is 123 Å². The normalized spacial score (nSPS) is 10.6. The Kier molecular flexibility index (Phi) is 5.38. The third-order valence-electron chi connectivity index (χ3n) is 3.10. The summed E-state index contributed by atoms with van der Waals surface area (Å²) in [6.07, 6.45) is 2.66. The van der Waals surface area contributed by atoms with Crippen LogP contribution < -0.4 is 14.8 Å². The van der Waals surface area contributed by atoms with Crippen molar-refractivity contribution in [3.05, 3.63) is 39.8 Å². The molecule has 0 atom stereocenters. The largest absolute Gasteiger partial charge is 0.493 e. The molecule has 0 saturated carbocycles. The van der Waals surface area contributed by atoms with Gasteiger partial charge >= 0.3 is 0 Å². The van der Waals surface area contributed by atoms with Crippen LogP contribution in [0, 0.1) is 0 Å². The van der Waals surface area contributed by atoms with Crippen LogP contribution in [-0.4, -0.2) is 25.7 Å². The first kappa shape index (κ1) is 14.8. The van der Waals surface area contributed by atoms with Crippen molar-refractivity contribution in [1.29, 1.82) is 0 Å². The van der Waals surface area contributed by atoms with E-state index in [1.807, 2.05) is 23.7 Å². The Morgan fingerprint density at radius 1 is 1.15 bits per heavy atom. The molecule has 1 aromatic carbocycles. The van der Waals surface area contributed by atoms with Gasteiger partial charge in [0, 0.05) is 24.5 Å². The Bertz CT molecular complexity index is 541. The van der Waals surface area contributed by atoms with Crippen molar-refractivity contribution in [2.24, 2.45) is 0 Å². The molecule has 0 aliphatic heterocycles. The van der Waals surface area contributed by atoms with Gasteiger partial charge in [-0.05, 0) is 29.8 Å². The van der Waals surface area contributed by atoms with Gasteiger partial charge in [0.15, 0.2) is 11.5 Å². The summed E-state index contributed by atoms with van der Waals surface area (Å²) in [5.74, 6) is 1.53. The first-order valence-corrected chi connectivity index (χ1v) is 7.49. The standard InChI is InChI=1S/C15H20N2O2S/c1-4-16-10-12-8-14(19-3)13(18-2)7-11(12)9-15-17-5-6-20-15/h5-8,16H,4,9-10H2,1-3H3. The summed E-state index contributed by atoms with van der Waals surface area (Å²) in [7, 11) is 3.32. The molecule has 0 spiro atoms. The van der Waals surface area contributed by atoms with Crippen molar-refractivity contribution in [3.8, 4) is 11.5 Å². The number of benzene rings is 1. The number of hydrogen-bond donors (Lipinski definition) is 1. The summed E-state index contributed by atoms with van der Waals surface area (Å²) in [5, 5.41) is 6.47. The molecule has 1 heterocycles. The van der Waals surface area contributed by atoms with E-state index in [-0.39, 0.29) is 0 Å². The molecule has 20 heavy (non-hydrogen) atoms. The van der Waals surface area contributed by atoms with Crippen LogP contribution in [0.2, 0.25) is 0 Å². The zero-order chi connectivity index (χ0) is 14.4. The molecule has 0 fully saturated rings. The minimum atomic E-state index is 0.763. The zero-order valence-corrected chi connectivity index (χ0v) is 12.9. The second kappa shape index (κ2) is 7.26. The summed E-state index contributed by atoms with van der Waals surface area (Å²) in [4.78, 5) is 4.36. The van der Waals surface area contributed by atoms with Gasteiger partial charge in [0.05, 0.1) is 19.2 Å². The van der Waals surface area contributed by atoms with E-state index in [1.165, 1.54) is 11.1 Å². The second-order valence-electron chi connectivity index (χ2n) is 4.36. The molecule has 1 N–H and O–H groups in total. The number of nitrogens with one attached hydrogen (secondary N) is 1. The van der Waals surface area contributed by atoms with Gasteiger partial charge < -0.3 is 14.8 Å². The number of methoxy groups -OCH3 is 2. The monoisotopic (exact) mass is 292 g/mol. The van der Waals surface area contributed by atoms with Crippen LogP contribution in [0.25, 0.3) is 0 Å². The van der Waals surface area contributed by atoms with Gasteiger partial charge in [0.2, 0.25) is 0 Å². The molecule has 0 saturated heterocycles. The molecule has 1 aromatic heterocycles. The first-order valence-electron chi connectivity index (χ1n) is 6.61. The molecule has 0 bridgehead atoms. The van der Waals surface area contributed by atoms with Gasteiger partial charge in [-0.1, -0.05) is 6.92 Å². The molecular weight excluding hydrogens is 272 g/mol. The molecule has 0 radical (unpaired) electrons. The maximum absolute atomic E-state index is 5.39. The van der Waals surface area contributed by atoms with Gasteiger partial charge in [0.25, 0.3) is 0 Å². The molecular formula is C15H20N2O2S.